The molecular weight excluding hydrogens is 311 g/mol. The third-order valence-corrected chi connectivity index (χ3v) is 5.09. The van der Waals surface area contributed by atoms with Crippen LogP contribution in [0.15, 0.2) is 29.2 Å². The second kappa shape index (κ2) is 7.17. The van der Waals surface area contributed by atoms with Crippen molar-refractivity contribution >= 4 is 16.0 Å². The number of hydrogen-bond donors (Lipinski definition) is 2. The molecule has 1 aromatic rings. The first kappa shape index (κ1) is 16.9. The molecule has 0 amide bonds. The molecule has 0 radical (unpaired) electrons. The van der Waals surface area contributed by atoms with E-state index >= 15 is 0 Å². The Hall–Kier alpha value is -1.51. The van der Waals surface area contributed by atoms with Gasteiger partial charge in [0.1, 0.15) is 5.82 Å². The van der Waals surface area contributed by atoms with E-state index in [-0.39, 0.29) is 17.4 Å². The van der Waals surface area contributed by atoms with Crippen LogP contribution in [0.4, 0.5) is 4.39 Å². The largest absolute Gasteiger partial charge is 0.481 e. The van der Waals surface area contributed by atoms with Crippen molar-refractivity contribution in [3.8, 4) is 0 Å². The summed E-state index contributed by atoms with van der Waals surface area (Å²) in [5.74, 6) is -1.47. The van der Waals surface area contributed by atoms with E-state index < -0.39 is 21.8 Å². The van der Waals surface area contributed by atoms with Crippen LogP contribution in [-0.2, 0) is 14.8 Å². The Labute approximate surface area is 129 Å². The van der Waals surface area contributed by atoms with Gasteiger partial charge < -0.3 is 10.0 Å². The number of rotatable bonds is 6. The van der Waals surface area contributed by atoms with E-state index in [4.69, 9.17) is 5.11 Å². The van der Waals surface area contributed by atoms with Crippen LogP contribution in [0.5, 0.6) is 0 Å². The van der Waals surface area contributed by atoms with Crippen molar-refractivity contribution in [2.24, 2.45) is 0 Å². The summed E-state index contributed by atoms with van der Waals surface area (Å²) in [4.78, 5) is 12.4. The van der Waals surface area contributed by atoms with Crippen LogP contribution < -0.4 is 4.72 Å². The van der Waals surface area contributed by atoms with E-state index in [2.05, 4.69) is 4.72 Å². The predicted octanol–water partition coefficient (Wildman–Crippen LogP) is 1.04. The van der Waals surface area contributed by atoms with Crippen LogP contribution in [0.2, 0.25) is 0 Å². The summed E-state index contributed by atoms with van der Waals surface area (Å²) in [7, 11) is -3.77. The summed E-state index contributed by atoms with van der Waals surface area (Å²) in [6.07, 6.45) is 1.50. The minimum absolute atomic E-state index is 0.0311. The van der Waals surface area contributed by atoms with Crippen molar-refractivity contribution in [1.82, 2.24) is 9.62 Å². The van der Waals surface area contributed by atoms with Gasteiger partial charge in [0.05, 0.1) is 11.3 Å². The number of carboxylic acid groups (broad SMARTS) is 1. The maximum Gasteiger partial charge on any atom is 0.304 e. The number of benzene rings is 1. The predicted molar refractivity (Wildman–Crippen MR) is 78.4 cm³/mol. The number of carbonyl (C=O) groups is 1. The molecule has 0 aromatic heterocycles. The maximum atomic E-state index is 13.2. The second-order valence-electron chi connectivity index (χ2n) is 5.36. The smallest absolute Gasteiger partial charge is 0.304 e. The zero-order valence-electron chi connectivity index (χ0n) is 12.0. The van der Waals surface area contributed by atoms with Crippen LogP contribution in [0, 0.1) is 5.82 Å². The Morgan fingerprint density at radius 3 is 2.91 bits per heavy atom. The van der Waals surface area contributed by atoms with Gasteiger partial charge in [0.25, 0.3) is 0 Å². The van der Waals surface area contributed by atoms with E-state index in [1.165, 1.54) is 18.2 Å². The topological polar surface area (TPSA) is 86.7 Å². The second-order valence-corrected chi connectivity index (χ2v) is 7.08. The molecule has 1 saturated heterocycles. The quantitative estimate of drug-likeness (QED) is 0.814. The number of piperidine rings is 1. The molecule has 2 rings (SSSR count). The van der Waals surface area contributed by atoms with E-state index in [0.717, 1.165) is 19.0 Å². The highest BCUT2D eigenvalue weighted by molar-refractivity contribution is 7.89. The van der Waals surface area contributed by atoms with Crippen molar-refractivity contribution in [2.45, 2.75) is 30.2 Å². The molecule has 2 N–H and O–H groups in total. The molecule has 122 valence electrons. The van der Waals surface area contributed by atoms with E-state index in [1.54, 1.807) is 0 Å². The highest BCUT2D eigenvalue weighted by atomic mass is 32.2. The van der Waals surface area contributed by atoms with Gasteiger partial charge in [0, 0.05) is 19.1 Å². The molecule has 0 bridgehead atoms. The summed E-state index contributed by atoms with van der Waals surface area (Å²) in [5.41, 5.74) is 0. The zero-order valence-corrected chi connectivity index (χ0v) is 12.9. The van der Waals surface area contributed by atoms with Gasteiger partial charge in [-0.1, -0.05) is 6.07 Å². The molecule has 1 aromatic carbocycles. The van der Waals surface area contributed by atoms with E-state index in [9.17, 15) is 17.6 Å². The van der Waals surface area contributed by atoms with Gasteiger partial charge in [-0.2, -0.15) is 0 Å². The molecule has 1 aliphatic heterocycles. The molecular formula is C14H19FN2O4S. The van der Waals surface area contributed by atoms with Crippen LogP contribution in [-0.4, -0.2) is 50.1 Å². The minimum Gasteiger partial charge on any atom is -0.481 e. The van der Waals surface area contributed by atoms with Gasteiger partial charge in [-0.3, -0.25) is 4.79 Å². The molecule has 1 atom stereocenters. The number of halogens is 1. The Morgan fingerprint density at radius 1 is 1.45 bits per heavy atom. The van der Waals surface area contributed by atoms with E-state index in [0.29, 0.717) is 19.5 Å². The summed E-state index contributed by atoms with van der Waals surface area (Å²) in [6.45, 7) is 1.61. The van der Waals surface area contributed by atoms with Crippen LogP contribution in [0.25, 0.3) is 0 Å². The lowest BCUT2D eigenvalue weighted by atomic mass is 10.1. The highest BCUT2D eigenvalue weighted by Gasteiger charge is 2.25. The fraction of sp³-hybridized carbons (Fsp3) is 0.500. The van der Waals surface area contributed by atoms with Crippen molar-refractivity contribution < 1.29 is 22.7 Å². The van der Waals surface area contributed by atoms with Crippen LogP contribution in [0.3, 0.4) is 0 Å². The van der Waals surface area contributed by atoms with Crippen molar-refractivity contribution in [3.63, 3.8) is 0 Å². The first-order chi connectivity index (χ1) is 10.4. The number of carboxylic acids is 1. The Kier molecular flexibility index (Phi) is 5.49. The SMILES string of the molecule is O=C(O)CCN1CCCC(NS(=O)(=O)c2cccc(F)c2)C1. The first-order valence-electron chi connectivity index (χ1n) is 7.09. The molecule has 22 heavy (non-hydrogen) atoms. The van der Waals surface area contributed by atoms with Gasteiger partial charge >= 0.3 is 5.97 Å². The molecule has 0 saturated carbocycles. The standard InChI is InChI=1S/C14H19FN2O4S/c15-11-3-1-5-13(9-11)22(20,21)16-12-4-2-7-17(10-12)8-6-14(18)19/h1,3,5,9,12,16H,2,4,6-8,10H2,(H,18,19). The first-order valence-corrected chi connectivity index (χ1v) is 8.57. The minimum atomic E-state index is -3.77. The molecule has 1 aliphatic rings. The van der Waals surface area contributed by atoms with Crippen molar-refractivity contribution in [3.05, 3.63) is 30.1 Å². The molecule has 0 spiro atoms. The normalized spacial score (nSPS) is 20.0. The molecule has 1 heterocycles. The van der Waals surface area contributed by atoms with Crippen LogP contribution in [0.1, 0.15) is 19.3 Å². The number of nitrogens with zero attached hydrogens (tertiary/aromatic N) is 1. The highest BCUT2D eigenvalue weighted by Crippen LogP contribution is 2.15. The van der Waals surface area contributed by atoms with Gasteiger partial charge in [0.2, 0.25) is 10.0 Å². The fourth-order valence-electron chi connectivity index (χ4n) is 2.53. The lowest BCUT2D eigenvalue weighted by Crippen LogP contribution is -2.48. The Morgan fingerprint density at radius 2 is 2.23 bits per heavy atom. The third-order valence-electron chi connectivity index (χ3n) is 3.58. The Balaban J connectivity index is 1.98. The van der Waals surface area contributed by atoms with Crippen molar-refractivity contribution in [1.29, 1.82) is 0 Å². The lowest BCUT2D eigenvalue weighted by molar-refractivity contribution is -0.137. The number of hydrogen-bond acceptors (Lipinski definition) is 4. The van der Waals surface area contributed by atoms with Crippen LogP contribution >= 0.6 is 0 Å². The number of nitrogens with one attached hydrogen (secondary N) is 1. The summed E-state index contributed by atoms with van der Waals surface area (Å²) >= 11 is 0. The lowest BCUT2D eigenvalue weighted by Gasteiger charge is -2.32. The third kappa shape index (κ3) is 4.75. The fourth-order valence-corrected chi connectivity index (χ4v) is 3.82. The molecule has 0 aliphatic carbocycles. The summed E-state index contributed by atoms with van der Waals surface area (Å²) in [6, 6.07) is 4.57. The van der Waals surface area contributed by atoms with Gasteiger partial charge in [0.15, 0.2) is 0 Å². The van der Waals surface area contributed by atoms with Gasteiger partial charge in [-0.25, -0.2) is 17.5 Å². The van der Waals surface area contributed by atoms with Crippen molar-refractivity contribution in [2.75, 3.05) is 19.6 Å². The summed E-state index contributed by atoms with van der Waals surface area (Å²) in [5, 5.41) is 8.70. The summed E-state index contributed by atoms with van der Waals surface area (Å²) < 4.78 is 40.2. The number of likely N-dealkylation sites (tertiary alicyclic amines) is 1. The monoisotopic (exact) mass is 330 g/mol. The number of aliphatic carboxylic acids is 1. The maximum absolute atomic E-state index is 13.2. The average molecular weight is 330 g/mol. The van der Waals surface area contributed by atoms with E-state index in [1.807, 2.05) is 4.90 Å². The molecule has 6 nitrogen and oxygen atoms in total. The molecule has 1 unspecified atom stereocenters. The Bertz CT molecular complexity index is 635. The zero-order chi connectivity index (χ0) is 16.2. The molecule has 8 heteroatoms. The molecule has 1 fully saturated rings. The van der Waals surface area contributed by atoms with Gasteiger partial charge in [-0.15, -0.1) is 0 Å². The van der Waals surface area contributed by atoms with Gasteiger partial charge in [-0.05, 0) is 37.6 Å². The average Bonchev–Trinajstić information content (AvgIpc) is 2.45. The number of sulfonamides is 1.